The average Bonchev–Trinajstić information content (AvgIpc) is 3.43. The van der Waals surface area contributed by atoms with Crippen molar-refractivity contribution >= 4 is 17.9 Å². The molecular formula is C71H120O6. The number of carbonyl (C=O) groups is 3. The topological polar surface area (TPSA) is 78.9 Å². The molecule has 0 saturated carbocycles. The third kappa shape index (κ3) is 62.8. The zero-order valence-electron chi connectivity index (χ0n) is 50.4. The largest absolute Gasteiger partial charge is 0.462 e. The fourth-order valence-corrected chi connectivity index (χ4v) is 8.94. The van der Waals surface area contributed by atoms with Crippen LogP contribution in [-0.4, -0.2) is 37.2 Å². The van der Waals surface area contributed by atoms with Gasteiger partial charge in [-0.3, -0.25) is 14.4 Å². The third-order valence-electron chi connectivity index (χ3n) is 13.7. The Labute approximate surface area is 476 Å². The number of hydrogen-bond donors (Lipinski definition) is 0. The lowest BCUT2D eigenvalue weighted by Crippen LogP contribution is -2.30. The van der Waals surface area contributed by atoms with E-state index in [2.05, 4.69) is 130 Å². The molecule has 0 aliphatic rings. The first kappa shape index (κ1) is 73.1. The number of unbranched alkanes of at least 4 members (excludes halogenated alkanes) is 29. The van der Waals surface area contributed by atoms with Crippen LogP contribution in [0.3, 0.4) is 0 Å². The van der Waals surface area contributed by atoms with Crippen molar-refractivity contribution in [3.8, 4) is 0 Å². The van der Waals surface area contributed by atoms with E-state index in [0.717, 1.165) is 116 Å². The van der Waals surface area contributed by atoms with E-state index >= 15 is 0 Å². The average molecular weight is 1070 g/mol. The highest BCUT2D eigenvalue weighted by Crippen LogP contribution is 2.17. The smallest absolute Gasteiger partial charge is 0.306 e. The molecule has 0 fully saturated rings. The summed E-state index contributed by atoms with van der Waals surface area (Å²) in [5.41, 5.74) is 0. The number of esters is 3. The lowest BCUT2D eigenvalue weighted by Gasteiger charge is -2.18. The van der Waals surface area contributed by atoms with Gasteiger partial charge in [0.1, 0.15) is 13.2 Å². The molecule has 77 heavy (non-hydrogen) atoms. The summed E-state index contributed by atoms with van der Waals surface area (Å²) in [5, 5.41) is 0. The molecule has 440 valence electrons. The number of carbonyl (C=O) groups excluding carboxylic acids is 3. The van der Waals surface area contributed by atoms with Crippen LogP contribution in [0.25, 0.3) is 0 Å². The number of rotatable bonds is 58. The van der Waals surface area contributed by atoms with Gasteiger partial charge in [0, 0.05) is 19.3 Å². The zero-order valence-corrected chi connectivity index (χ0v) is 50.4. The van der Waals surface area contributed by atoms with Crippen LogP contribution < -0.4 is 0 Å². The van der Waals surface area contributed by atoms with Crippen molar-refractivity contribution in [2.24, 2.45) is 0 Å². The molecule has 0 aromatic heterocycles. The van der Waals surface area contributed by atoms with E-state index in [1.807, 2.05) is 0 Å². The molecule has 1 unspecified atom stereocenters. The van der Waals surface area contributed by atoms with Crippen LogP contribution in [0.15, 0.2) is 109 Å². The van der Waals surface area contributed by atoms with Crippen molar-refractivity contribution in [1.82, 2.24) is 0 Å². The summed E-state index contributed by atoms with van der Waals surface area (Å²) in [7, 11) is 0. The quantitative estimate of drug-likeness (QED) is 0.0261. The molecule has 0 saturated heterocycles. The van der Waals surface area contributed by atoms with Crippen LogP contribution in [0.4, 0.5) is 0 Å². The van der Waals surface area contributed by atoms with Crippen LogP contribution in [0.5, 0.6) is 0 Å². The zero-order chi connectivity index (χ0) is 55.7. The van der Waals surface area contributed by atoms with Gasteiger partial charge in [0.25, 0.3) is 0 Å². The van der Waals surface area contributed by atoms with Gasteiger partial charge in [-0.2, -0.15) is 0 Å². The Balaban J connectivity index is 4.13. The molecule has 0 radical (unpaired) electrons. The standard InChI is InChI=1S/C71H120O6/c1-4-7-10-13-16-19-22-24-26-27-28-29-30-31-32-33-34-35-36-37-38-39-40-41-42-43-45-46-49-52-55-58-61-64-70(73)76-67-68(66-75-69(72)63-60-57-54-51-48-21-18-15-12-9-6-3)77-71(74)65-62-59-56-53-50-47-44-25-23-20-17-14-11-8-5-2/h7-8,10-11,15-20,24-26,28-29,44,50,53,68H,4-6,9,12-14,21-23,27,30-43,45-49,51-52,54-67H2,1-3H3/b10-7-,11-8-,18-15-,19-16-,20-17-,26-24-,29-28-,44-25-,53-50-. The molecule has 1 atom stereocenters. The number of ether oxygens (including phenoxy) is 3. The molecule has 6 nitrogen and oxygen atoms in total. The molecule has 6 heteroatoms. The Kier molecular flexibility index (Phi) is 61.3. The minimum atomic E-state index is -0.802. The van der Waals surface area contributed by atoms with E-state index in [9.17, 15) is 14.4 Å². The molecule has 0 aromatic carbocycles. The molecule has 0 heterocycles. The van der Waals surface area contributed by atoms with Crippen molar-refractivity contribution in [3.05, 3.63) is 109 Å². The first-order valence-electron chi connectivity index (χ1n) is 32.4. The van der Waals surface area contributed by atoms with E-state index in [1.54, 1.807) is 0 Å². The summed E-state index contributed by atoms with van der Waals surface area (Å²) in [4.78, 5) is 38.2. The van der Waals surface area contributed by atoms with Crippen molar-refractivity contribution in [2.75, 3.05) is 13.2 Å². The number of hydrogen-bond acceptors (Lipinski definition) is 6. The lowest BCUT2D eigenvalue weighted by molar-refractivity contribution is -0.167. The van der Waals surface area contributed by atoms with Crippen molar-refractivity contribution in [3.63, 3.8) is 0 Å². The second-order valence-electron chi connectivity index (χ2n) is 21.3. The Morgan fingerprint density at radius 3 is 0.831 bits per heavy atom. The fraction of sp³-hybridized carbons (Fsp3) is 0.704. The summed E-state index contributed by atoms with van der Waals surface area (Å²) in [5.74, 6) is -0.940. The lowest BCUT2D eigenvalue weighted by atomic mass is 10.0. The van der Waals surface area contributed by atoms with Gasteiger partial charge >= 0.3 is 17.9 Å². The van der Waals surface area contributed by atoms with Gasteiger partial charge in [0.05, 0.1) is 0 Å². The molecule has 0 aliphatic carbocycles. The van der Waals surface area contributed by atoms with E-state index in [-0.39, 0.29) is 37.5 Å². The highest BCUT2D eigenvalue weighted by molar-refractivity contribution is 5.71. The molecule has 0 aromatic rings. The Hall–Kier alpha value is -3.93. The number of allylic oxidation sites excluding steroid dienone is 18. The molecule has 0 N–H and O–H groups in total. The molecule has 0 bridgehead atoms. The van der Waals surface area contributed by atoms with Gasteiger partial charge in [-0.25, -0.2) is 0 Å². The van der Waals surface area contributed by atoms with Gasteiger partial charge in [-0.15, -0.1) is 0 Å². The van der Waals surface area contributed by atoms with Crippen LogP contribution in [-0.2, 0) is 28.6 Å². The Morgan fingerprint density at radius 2 is 0.506 bits per heavy atom. The minimum absolute atomic E-state index is 0.0952. The van der Waals surface area contributed by atoms with E-state index < -0.39 is 6.10 Å². The van der Waals surface area contributed by atoms with Gasteiger partial charge in [-0.1, -0.05) is 278 Å². The van der Waals surface area contributed by atoms with Crippen LogP contribution >= 0.6 is 0 Å². The monoisotopic (exact) mass is 1070 g/mol. The van der Waals surface area contributed by atoms with Crippen LogP contribution in [0, 0.1) is 0 Å². The van der Waals surface area contributed by atoms with Crippen molar-refractivity contribution in [2.45, 2.75) is 309 Å². The van der Waals surface area contributed by atoms with Crippen molar-refractivity contribution in [1.29, 1.82) is 0 Å². The molecular weight excluding hydrogens is 949 g/mol. The molecule has 0 amide bonds. The van der Waals surface area contributed by atoms with Gasteiger partial charge in [-0.05, 0) is 116 Å². The van der Waals surface area contributed by atoms with Crippen molar-refractivity contribution < 1.29 is 28.6 Å². The summed E-state index contributed by atoms with van der Waals surface area (Å²) >= 11 is 0. The van der Waals surface area contributed by atoms with Gasteiger partial charge in [0.2, 0.25) is 0 Å². The molecule has 0 spiro atoms. The second-order valence-corrected chi connectivity index (χ2v) is 21.3. The highest BCUT2D eigenvalue weighted by atomic mass is 16.6. The predicted molar refractivity (Wildman–Crippen MR) is 334 cm³/mol. The summed E-state index contributed by atoms with van der Waals surface area (Å²) < 4.78 is 16.8. The minimum Gasteiger partial charge on any atom is -0.462 e. The first-order chi connectivity index (χ1) is 38.0. The predicted octanol–water partition coefficient (Wildman–Crippen LogP) is 22.2. The van der Waals surface area contributed by atoms with Gasteiger partial charge < -0.3 is 14.2 Å². The molecule has 0 rings (SSSR count). The normalized spacial score (nSPS) is 12.8. The maximum Gasteiger partial charge on any atom is 0.306 e. The van der Waals surface area contributed by atoms with Crippen LogP contribution in [0.1, 0.15) is 303 Å². The highest BCUT2D eigenvalue weighted by Gasteiger charge is 2.19. The fourth-order valence-electron chi connectivity index (χ4n) is 8.94. The third-order valence-corrected chi connectivity index (χ3v) is 13.7. The summed E-state index contributed by atoms with van der Waals surface area (Å²) in [6, 6.07) is 0. The van der Waals surface area contributed by atoms with Crippen LogP contribution in [0.2, 0.25) is 0 Å². The van der Waals surface area contributed by atoms with E-state index in [0.29, 0.717) is 19.3 Å². The van der Waals surface area contributed by atoms with Gasteiger partial charge in [0.15, 0.2) is 6.10 Å². The summed E-state index contributed by atoms with van der Waals surface area (Å²) in [6.07, 6.45) is 88.4. The second kappa shape index (κ2) is 64.6. The first-order valence-corrected chi connectivity index (χ1v) is 32.4. The molecule has 0 aliphatic heterocycles. The maximum atomic E-state index is 12.8. The van der Waals surface area contributed by atoms with E-state index in [1.165, 1.54) is 141 Å². The summed E-state index contributed by atoms with van der Waals surface area (Å²) in [6.45, 7) is 6.35. The SMILES string of the molecule is CC/C=C\C/C=C\C/C=C\C/C=C\CCCCCCCCCCCCCCCCCCCCCCC(=O)OCC(COC(=O)CCCCCCC/C=C\CCCC)OC(=O)CCCC/C=C\C/C=C\C/C=C\C/C=C\CC. The Bertz CT molecular complexity index is 1560. The Morgan fingerprint density at radius 1 is 0.273 bits per heavy atom. The van der Waals surface area contributed by atoms with E-state index in [4.69, 9.17) is 14.2 Å². The maximum absolute atomic E-state index is 12.8.